The van der Waals surface area contributed by atoms with Crippen LogP contribution in [0, 0.1) is 5.41 Å². The van der Waals surface area contributed by atoms with Gasteiger partial charge in [0.15, 0.2) is 0 Å². The molecule has 0 amide bonds. The van der Waals surface area contributed by atoms with Gasteiger partial charge in [-0.3, -0.25) is 0 Å². The molecule has 0 aromatic rings. The molecule has 0 aromatic heterocycles. The minimum absolute atomic E-state index is 0.319. The van der Waals surface area contributed by atoms with Gasteiger partial charge < -0.3 is 11.1 Å². The molecule has 1 heterocycles. The fourth-order valence-electron chi connectivity index (χ4n) is 0.957. The van der Waals surface area contributed by atoms with E-state index in [2.05, 4.69) is 19.2 Å². The molecule has 8 heavy (non-hydrogen) atoms. The maximum atomic E-state index is 5.75. The van der Waals surface area contributed by atoms with Gasteiger partial charge in [0.05, 0.1) is 0 Å². The first-order valence-corrected chi connectivity index (χ1v) is 3.09. The first-order chi connectivity index (χ1) is 3.63. The lowest BCUT2D eigenvalue weighted by molar-refractivity contribution is 0.363. The molecule has 0 saturated carbocycles. The van der Waals surface area contributed by atoms with Gasteiger partial charge >= 0.3 is 0 Å². The molecule has 0 radical (unpaired) electrons. The molecule has 0 bridgehead atoms. The zero-order valence-corrected chi connectivity index (χ0v) is 5.57. The summed E-state index contributed by atoms with van der Waals surface area (Å²) in [7, 11) is 0. The predicted octanol–water partition coefficient (Wildman–Crippen LogP) is -0.0569. The summed E-state index contributed by atoms with van der Waals surface area (Å²) in [5.41, 5.74) is 6.07. The zero-order valence-electron chi connectivity index (χ0n) is 5.57. The second-order valence-electron chi connectivity index (χ2n) is 3.23. The van der Waals surface area contributed by atoms with Gasteiger partial charge in [0.2, 0.25) is 0 Å². The lowest BCUT2D eigenvalue weighted by Crippen LogP contribution is -2.35. The number of hydrogen-bond donors (Lipinski definition) is 2. The van der Waals surface area contributed by atoms with Crippen LogP contribution in [0.25, 0.3) is 0 Å². The summed E-state index contributed by atoms with van der Waals surface area (Å²) in [6, 6.07) is 0.350. The van der Waals surface area contributed by atoms with Crippen LogP contribution in [-0.4, -0.2) is 19.1 Å². The molecule has 1 aliphatic rings. The van der Waals surface area contributed by atoms with Crippen LogP contribution in [0.1, 0.15) is 13.8 Å². The third kappa shape index (κ3) is 0.858. The lowest BCUT2D eigenvalue weighted by Gasteiger charge is -2.20. The molecule has 2 nitrogen and oxygen atoms in total. The first kappa shape index (κ1) is 6.05. The zero-order chi connectivity index (χ0) is 6.20. The number of nitrogens with two attached hydrogens (primary N) is 1. The Bertz CT molecular complexity index is 88.5. The van der Waals surface area contributed by atoms with Crippen molar-refractivity contribution in [2.24, 2.45) is 11.1 Å². The predicted molar refractivity (Wildman–Crippen MR) is 34.6 cm³/mol. The van der Waals surface area contributed by atoms with Crippen molar-refractivity contribution in [3.05, 3.63) is 0 Å². The highest BCUT2D eigenvalue weighted by Gasteiger charge is 2.30. The molecule has 2 heteroatoms. The van der Waals surface area contributed by atoms with Gasteiger partial charge in [0, 0.05) is 19.1 Å². The molecular formula is C6H14N2. The van der Waals surface area contributed by atoms with E-state index < -0.39 is 0 Å². The van der Waals surface area contributed by atoms with E-state index in [0.29, 0.717) is 11.5 Å². The number of hydrogen-bond acceptors (Lipinski definition) is 2. The Balaban J connectivity index is 2.54. The lowest BCUT2D eigenvalue weighted by atomic mass is 9.89. The van der Waals surface area contributed by atoms with Crippen molar-refractivity contribution in [3.8, 4) is 0 Å². The van der Waals surface area contributed by atoms with Gasteiger partial charge in [0.25, 0.3) is 0 Å². The van der Waals surface area contributed by atoms with Crippen LogP contribution in [0.4, 0.5) is 0 Å². The van der Waals surface area contributed by atoms with Crippen molar-refractivity contribution >= 4 is 0 Å². The Labute approximate surface area is 50.4 Å². The van der Waals surface area contributed by atoms with Crippen LogP contribution < -0.4 is 11.1 Å². The highest BCUT2D eigenvalue weighted by molar-refractivity contribution is 4.90. The van der Waals surface area contributed by atoms with Crippen molar-refractivity contribution in [1.29, 1.82) is 0 Å². The highest BCUT2D eigenvalue weighted by Crippen LogP contribution is 2.21. The smallest absolute Gasteiger partial charge is 0.0229 e. The molecule has 48 valence electrons. The van der Waals surface area contributed by atoms with E-state index in [0.717, 1.165) is 13.1 Å². The van der Waals surface area contributed by atoms with Gasteiger partial charge in [-0.1, -0.05) is 13.8 Å². The molecule has 1 aliphatic heterocycles. The maximum Gasteiger partial charge on any atom is 0.0229 e. The van der Waals surface area contributed by atoms with E-state index in [9.17, 15) is 0 Å². The van der Waals surface area contributed by atoms with Crippen molar-refractivity contribution in [2.45, 2.75) is 19.9 Å². The van der Waals surface area contributed by atoms with Crippen molar-refractivity contribution in [1.82, 2.24) is 5.32 Å². The van der Waals surface area contributed by atoms with Gasteiger partial charge in [-0.05, 0) is 5.41 Å². The summed E-state index contributed by atoms with van der Waals surface area (Å²) in [4.78, 5) is 0. The largest absolute Gasteiger partial charge is 0.326 e. The fourth-order valence-corrected chi connectivity index (χ4v) is 0.957. The second-order valence-corrected chi connectivity index (χ2v) is 3.23. The Kier molecular flexibility index (Phi) is 1.29. The SMILES string of the molecule is CC1(C)CNC[C@H]1N. The Morgan fingerprint density at radius 3 is 2.38 bits per heavy atom. The average molecular weight is 114 g/mol. The molecule has 1 rings (SSSR count). The normalized spacial score (nSPS) is 35.6. The van der Waals surface area contributed by atoms with Crippen LogP contribution in [0.2, 0.25) is 0 Å². The molecule has 0 aromatic carbocycles. The van der Waals surface area contributed by atoms with E-state index in [4.69, 9.17) is 5.73 Å². The Morgan fingerprint density at radius 1 is 1.62 bits per heavy atom. The number of rotatable bonds is 0. The second kappa shape index (κ2) is 1.71. The number of nitrogens with one attached hydrogen (secondary N) is 1. The summed E-state index contributed by atoms with van der Waals surface area (Å²) in [6.07, 6.45) is 0. The molecular weight excluding hydrogens is 100 g/mol. The van der Waals surface area contributed by atoms with Gasteiger partial charge in [-0.25, -0.2) is 0 Å². The maximum absolute atomic E-state index is 5.75. The van der Waals surface area contributed by atoms with Gasteiger partial charge in [0.1, 0.15) is 0 Å². The highest BCUT2D eigenvalue weighted by atomic mass is 15.0. The monoisotopic (exact) mass is 114 g/mol. The molecule has 1 atom stereocenters. The third-order valence-corrected chi connectivity index (χ3v) is 1.95. The third-order valence-electron chi connectivity index (χ3n) is 1.95. The molecule has 1 saturated heterocycles. The standard InChI is InChI=1S/C6H14N2/c1-6(2)4-8-3-5(6)7/h5,8H,3-4,7H2,1-2H3/t5-/m1/s1. The summed E-state index contributed by atoms with van der Waals surface area (Å²) >= 11 is 0. The van der Waals surface area contributed by atoms with Crippen LogP contribution in [-0.2, 0) is 0 Å². The Morgan fingerprint density at radius 2 is 2.25 bits per heavy atom. The van der Waals surface area contributed by atoms with E-state index in [1.807, 2.05) is 0 Å². The van der Waals surface area contributed by atoms with Crippen molar-refractivity contribution in [2.75, 3.05) is 13.1 Å². The van der Waals surface area contributed by atoms with Crippen LogP contribution in [0.3, 0.4) is 0 Å². The van der Waals surface area contributed by atoms with E-state index >= 15 is 0 Å². The van der Waals surface area contributed by atoms with E-state index in [1.165, 1.54) is 0 Å². The summed E-state index contributed by atoms with van der Waals surface area (Å²) in [6.45, 7) is 6.43. The fraction of sp³-hybridized carbons (Fsp3) is 1.00. The first-order valence-electron chi connectivity index (χ1n) is 3.09. The summed E-state index contributed by atoms with van der Waals surface area (Å²) < 4.78 is 0. The van der Waals surface area contributed by atoms with Crippen molar-refractivity contribution in [3.63, 3.8) is 0 Å². The molecule has 1 fully saturated rings. The van der Waals surface area contributed by atoms with Crippen LogP contribution in [0.5, 0.6) is 0 Å². The van der Waals surface area contributed by atoms with E-state index in [-0.39, 0.29) is 0 Å². The van der Waals surface area contributed by atoms with Crippen molar-refractivity contribution < 1.29 is 0 Å². The van der Waals surface area contributed by atoms with Gasteiger partial charge in [-0.2, -0.15) is 0 Å². The minimum atomic E-state index is 0.319. The summed E-state index contributed by atoms with van der Waals surface area (Å²) in [5.74, 6) is 0. The minimum Gasteiger partial charge on any atom is -0.326 e. The van der Waals surface area contributed by atoms with Crippen LogP contribution in [0.15, 0.2) is 0 Å². The molecule has 0 spiro atoms. The van der Waals surface area contributed by atoms with Crippen LogP contribution >= 0.6 is 0 Å². The quantitative estimate of drug-likeness (QED) is 0.463. The summed E-state index contributed by atoms with van der Waals surface area (Å²) in [5, 5.41) is 3.24. The average Bonchev–Trinajstić information content (AvgIpc) is 1.86. The molecule has 0 unspecified atom stereocenters. The molecule has 0 aliphatic carbocycles. The van der Waals surface area contributed by atoms with E-state index in [1.54, 1.807) is 0 Å². The molecule has 3 N–H and O–H groups in total. The topological polar surface area (TPSA) is 38.0 Å². The van der Waals surface area contributed by atoms with Gasteiger partial charge in [-0.15, -0.1) is 0 Å². The Hall–Kier alpha value is -0.0800.